The van der Waals surface area contributed by atoms with Gasteiger partial charge in [0.2, 0.25) is 5.88 Å². The highest BCUT2D eigenvalue weighted by Gasteiger charge is 2.16. The van der Waals surface area contributed by atoms with E-state index < -0.39 is 0 Å². The molecule has 3 aromatic rings. The number of nitrogens with zero attached hydrogens (tertiary/aromatic N) is 3. The van der Waals surface area contributed by atoms with Crippen LogP contribution in [0.5, 0.6) is 5.88 Å². The van der Waals surface area contributed by atoms with Gasteiger partial charge in [0, 0.05) is 0 Å². The molecule has 2 aromatic heterocycles. The van der Waals surface area contributed by atoms with Crippen LogP contribution in [0.3, 0.4) is 0 Å². The Morgan fingerprint density at radius 3 is 2.73 bits per heavy atom. The Bertz CT molecular complexity index is 843. The van der Waals surface area contributed by atoms with Crippen LogP contribution in [0.15, 0.2) is 30.3 Å². The highest BCUT2D eigenvalue weighted by atomic mass is 16.5. The standard InChI is InChI=1S/C16H15N5O/c1-9(2)22-16-10(8-17)7-11(14(18)21-16)15-19-12-5-3-4-6-13(12)20-15/h3-7,9H,1-2H3,(H2,18,21)(H,19,20). The number of H-pyrrole nitrogens is 1. The van der Waals surface area contributed by atoms with E-state index in [1.807, 2.05) is 38.1 Å². The van der Waals surface area contributed by atoms with Crippen molar-refractivity contribution < 1.29 is 4.74 Å². The van der Waals surface area contributed by atoms with Gasteiger partial charge in [0.25, 0.3) is 0 Å². The molecule has 6 heteroatoms. The second kappa shape index (κ2) is 5.37. The van der Waals surface area contributed by atoms with E-state index >= 15 is 0 Å². The maximum absolute atomic E-state index is 9.29. The fraction of sp³-hybridized carbons (Fsp3) is 0.188. The molecule has 6 nitrogen and oxygen atoms in total. The number of nitriles is 1. The van der Waals surface area contributed by atoms with Gasteiger partial charge in [0.05, 0.1) is 22.7 Å². The zero-order chi connectivity index (χ0) is 15.7. The van der Waals surface area contributed by atoms with E-state index in [9.17, 15) is 5.26 Å². The van der Waals surface area contributed by atoms with Gasteiger partial charge >= 0.3 is 0 Å². The van der Waals surface area contributed by atoms with E-state index in [0.717, 1.165) is 11.0 Å². The van der Waals surface area contributed by atoms with Gasteiger partial charge < -0.3 is 15.5 Å². The van der Waals surface area contributed by atoms with Gasteiger partial charge in [-0.05, 0) is 32.0 Å². The van der Waals surface area contributed by atoms with Gasteiger partial charge in [0.15, 0.2) is 0 Å². The van der Waals surface area contributed by atoms with Gasteiger partial charge in [-0.1, -0.05) is 12.1 Å². The van der Waals surface area contributed by atoms with Crippen LogP contribution in [0, 0.1) is 11.3 Å². The van der Waals surface area contributed by atoms with Crippen molar-refractivity contribution in [1.29, 1.82) is 5.26 Å². The van der Waals surface area contributed by atoms with Gasteiger partial charge in [-0.3, -0.25) is 0 Å². The molecule has 3 N–H and O–H groups in total. The van der Waals surface area contributed by atoms with Gasteiger partial charge in [-0.15, -0.1) is 0 Å². The predicted molar refractivity (Wildman–Crippen MR) is 84.2 cm³/mol. The van der Waals surface area contributed by atoms with E-state index in [-0.39, 0.29) is 17.8 Å². The number of ether oxygens (including phenoxy) is 1. The molecule has 0 unspecified atom stereocenters. The minimum atomic E-state index is -0.0870. The van der Waals surface area contributed by atoms with Crippen molar-refractivity contribution in [1.82, 2.24) is 15.0 Å². The maximum atomic E-state index is 9.29. The lowest BCUT2D eigenvalue weighted by atomic mass is 10.2. The van der Waals surface area contributed by atoms with E-state index in [0.29, 0.717) is 17.0 Å². The molecule has 0 aliphatic rings. The smallest absolute Gasteiger partial charge is 0.233 e. The van der Waals surface area contributed by atoms with Crippen LogP contribution in [-0.2, 0) is 0 Å². The fourth-order valence-corrected chi connectivity index (χ4v) is 2.17. The Labute approximate surface area is 127 Å². The number of hydrogen-bond acceptors (Lipinski definition) is 5. The van der Waals surface area contributed by atoms with Crippen LogP contribution in [0.4, 0.5) is 5.82 Å². The lowest BCUT2D eigenvalue weighted by molar-refractivity contribution is 0.232. The largest absolute Gasteiger partial charge is 0.474 e. The summed E-state index contributed by atoms with van der Waals surface area (Å²) in [5.41, 5.74) is 8.66. The minimum absolute atomic E-state index is 0.0870. The van der Waals surface area contributed by atoms with Crippen molar-refractivity contribution in [3.8, 4) is 23.3 Å². The number of para-hydroxylation sites is 2. The summed E-state index contributed by atoms with van der Waals surface area (Å²) < 4.78 is 5.52. The summed E-state index contributed by atoms with van der Waals surface area (Å²) in [5, 5.41) is 9.29. The van der Waals surface area contributed by atoms with Crippen molar-refractivity contribution in [3.63, 3.8) is 0 Å². The van der Waals surface area contributed by atoms with Crippen molar-refractivity contribution >= 4 is 16.9 Å². The summed E-state index contributed by atoms with van der Waals surface area (Å²) in [7, 11) is 0. The Kier molecular flexibility index (Phi) is 3.39. The SMILES string of the molecule is CC(C)Oc1nc(N)c(-c2nc3ccccc3[nH]2)cc1C#N. The number of anilines is 1. The van der Waals surface area contributed by atoms with Crippen molar-refractivity contribution in [3.05, 3.63) is 35.9 Å². The molecule has 3 rings (SSSR count). The van der Waals surface area contributed by atoms with Crippen molar-refractivity contribution in [2.45, 2.75) is 20.0 Å². The zero-order valence-corrected chi connectivity index (χ0v) is 12.3. The fourth-order valence-electron chi connectivity index (χ4n) is 2.17. The number of hydrogen-bond donors (Lipinski definition) is 2. The third-order valence-electron chi connectivity index (χ3n) is 3.13. The Balaban J connectivity index is 2.12. The van der Waals surface area contributed by atoms with Gasteiger partial charge in [-0.25, -0.2) is 4.98 Å². The predicted octanol–water partition coefficient (Wildman–Crippen LogP) is 2.87. The Morgan fingerprint density at radius 1 is 1.27 bits per heavy atom. The Morgan fingerprint density at radius 2 is 2.05 bits per heavy atom. The normalized spacial score (nSPS) is 10.8. The molecule has 0 saturated carbocycles. The summed E-state index contributed by atoms with van der Waals surface area (Å²) in [4.78, 5) is 11.9. The first-order valence-electron chi connectivity index (χ1n) is 6.91. The zero-order valence-electron chi connectivity index (χ0n) is 12.3. The minimum Gasteiger partial charge on any atom is -0.474 e. The molecule has 0 radical (unpaired) electrons. The average molecular weight is 293 g/mol. The number of nitrogen functional groups attached to an aromatic ring is 1. The number of imidazole rings is 1. The lowest BCUT2D eigenvalue weighted by Crippen LogP contribution is -2.10. The number of benzene rings is 1. The average Bonchev–Trinajstić information content (AvgIpc) is 2.90. The molecule has 0 aliphatic heterocycles. The number of aromatic amines is 1. The summed E-state index contributed by atoms with van der Waals surface area (Å²) in [6.45, 7) is 3.73. The molecule has 2 heterocycles. The number of rotatable bonds is 3. The van der Waals surface area contributed by atoms with Crippen LogP contribution >= 0.6 is 0 Å². The topological polar surface area (TPSA) is 101 Å². The van der Waals surface area contributed by atoms with E-state index in [2.05, 4.69) is 21.0 Å². The first kappa shape index (κ1) is 13.9. The quantitative estimate of drug-likeness (QED) is 0.773. The molecule has 0 saturated heterocycles. The highest BCUT2D eigenvalue weighted by molar-refractivity contribution is 5.82. The van der Waals surface area contributed by atoms with Gasteiger partial charge in [-0.2, -0.15) is 10.2 Å². The maximum Gasteiger partial charge on any atom is 0.233 e. The molecular formula is C16H15N5O. The van der Waals surface area contributed by atoms with Crippen LogP contribution in [-0.4, -0.2) is 21.1 Å². The molecule has 22 heavy (non-hydrogen) atoms. The third-order valence-corrected chi connectivity index (χ3v) is 3.13. The molecule has 0 spiro atoms. The summed E-state index contributed by atoms with van der Waals surface area (Å²) in [6.07, 6.45) is -0.0870. The number of pyridine rings is 1. The summed E-state index contributed by atoms with van der Waals surface area (Å²) >= 11 is 0. The van der Waals surface area contributed by atoms with Crippen molar-refractivity contribution in [2.24, 2.45) is 0 Å². The lowest BCUT2D eigenvalue weighted by Gasteiger charge is -2.12. The number of nitrogens with one attached hydrogen (secondary N) is 1. The molecule has 0 bridgehead atoms. The second-order valence-corrected chi connectivity index (χ2v) is 5.15. The molecule has 0 atom stereocenters. The number of aromatic nitrogens is 3. The van der Waals surface area contributed by atoms with E-state index in [1.165, 1.54) is 0 Å². The van der Waals surface area contributed by atoms with Crippen LogP contribution in [0.2, 0.25) is 0 Å². The molecule has 0 aliphatic carbocycles. The van der Waals surface area contributed by atoms with Crippen LogP contribution in [0.1, 0.15) is 19.4 Å². The molecule has 0 fully saturated rings. The highest BCUT2D eigenvalue weighted by Crippen LogP contribution is 2.29. The third kappa shape index (κ3) is 2.44. The molecule has 110 valence electrons. The second-order valence-electron chi connectivity index (χ2n) is 5.15. The first-order chi connectivity index (χ1) is 10.6. The van der Waals surface area contributed by atoms with Gasteiger partial charge in [0.1, 0.15) is 23.3 Å². The molecule has 0 amide bonds. The Hall–Kier alpha value is -3.07. The molecule has 1 aromatic carbocycles. The van der Waals surface area contributed by atoms with Crippen LogP contribution in [0.25, 0.3) is 22.4 Å². The van der Waals surface area contributed by atoms with E-state index in [1.54, 1.807) is 6.07 Å². The van der Waals surface area contributed by atoms with Crippen molar-refractivity contribution in [2.75, 3.05) is 5.73 Å². The molecular weight excluding hydrogens is 278 g/mol. The summed E-state index contributed by atoms with van der Waals surface area (Å²) in [6, 6.07) is 11.4. The first-order valence-corrected chi connectivity index (χ1v) is 6.91. The monoisotopic (exact) mass is 293 g/mol. The number of fused-ring (bicyclic) bond motifs is 1. The summed E-state index contributed by atoms with van der Waals surface area (Å²) in [5.74, 6) is 1.10. The van der Waals surface area contributed by atoms with Crippen LogP contribution < -0.4 is 10.5 Å². The number of nitrogens with two attached hydrogens (primary N) is 1. The van der Waals surface area contributed by atoms with E-state index in [4.69, 9.17) is 10.5 Å².